The van der Waals surface area contributed by atoms with Gasteiger partial charge in [0.1, 0.15) is 0 Å². The van der Waals surface area contributed by atoms with Crippen LogP contribution in [0.15, 0.2) is 12.1 Å². The van der Waals surface area contributed by atoms with E-state index in [0.29, 0.717) is 11.3 Å². The molecule has 0 aliphatic carbocycles. The van der Waals surface area contributed by atoms with Crippen LogP contribution >= 0.6 is 0 Å². The first kappa shape index (κ1) is 13.2. The number of methoxy groups -OCH3 is 2. The number of hydrogen-bond donors (Lipinski definition) is 2. The SMILES string of the molecule is COc1cc([N+](=O)[O-])cc([C@H](N)CO)c1OC. The summed E-state index contributed by atoms with van der Waals surface area (Å²) < 4.78 is 10.1. The maximum absolute atomic E-state index is 10.7. The van der Waals surface area contributed by atoms with E-state index < -0.39 is 11.0 Å². The molecule has 0 heterocycles. The fourth-order valence-corrected chi connectivity index (χ4v) is 1.46. The molecule has 0 spiro atoms. The number of nitrogens with zero attached hydrogens (tertiary/aromatic N) is 1. The maximum Gasteiger partial charge on any atom is 0.273 e. The Morgan fingerprint density at radius 3 is 2.53 bits per heavy atom. The van der Waals surface area contributed by atoms with Gasteiger partial charge in [-0.2, -0.15) is 0 Å². The molecule has 7 heteroatoms. The van der Waals surface area contributed by atoms with Gasteiger partial charge in [-0.25, -0.2) is 0 Å². The van der Waals surface area contributed by atoms with E-state index in [1.54, 1.807) is 0 Å². The van der Waals surface area contributed by atoms with E-state index in [0.717, 1.165) is 0 Å². The van der Waals surface area contributed by atoms with Gasteiger partial charge in [0, 0.05) is 11.6 Å². The van der Waals surface area contributed by atoms with Gasteiger partial charge >= 0.3 is 0 Å². The molecular formula is C10H14N2O5. The lowest BCUT2D eigenvalue weighted by Crippen LogP contribution is -2.16. The van der Waals surface area contributed by atoms with Crippen LogP contribution in [0.5, 0.6) is 11.5 Å². The molecule has 1 rings (SSSR count). The summed E-state index contributed by atoms with van der Waals surface area (Å²) in [4.78, 5) is 10.2. The summed E-state index contributed by atoms with van der Waals surface area (Å²) in [5, 5.41) is 19.7. The quantitative estimate of drug-likeness (QED) is 0.578. The third-order valence-electron chi connectivity index (χ3n) is 2.30. The molecule has 0 saturated heterocycles. The number of nitro benzene ring substituents is 1. The Balaban J connectivity index is 3.42. The lowest BCUT2D eigenvalue weighted by molar-refractivity contribution is -0.385. The van der Waals surface area contributed by atoms with E-state index in [1.807, 2.05) is 0 Å². The van der Waals surface area contributed by atoms with E-state index in [-0.39, 0.29) is 18.0 Å². The average Bonchev–Trinajstić information content (AvgIpc) is 2.35. The highest BCUT2D eigenvalue weighted by Gasteiger charge is 2.21. The van der Waals surface area contributed by atoms with Crippen molar-refractivity contribution in [1.29, 1.82) is 0 Å². The second kappa shape index (κ2) is 5.46. The summed E-state index contributed by atoms with van der Waals surface area (Å²) in [6.07, 6.45) is 0. The van der Waals surface area contributed by atoms with Crippen molar-refractivity contribution in [2.24, 2.45) is 5.73 Å². The number of hydrogen-bond acceptors (Lipinski definition) is 6. The molecular weight excluding hydrogens is 228 g/mol. The maximum atomic E-state index is 10.7. The molecule has 0 amide bonds. The molecule has 0 fully saturated rings. The Hall–Kier alpha value is -1.86. The van der Waals surface area contributed by atoms with Crippen molar-refractivity contribution in [3.63, 3.8) is 0 Å². The van der Waals surface area contributed by atoms with Crippen LogP contribution in [0.1, 0.15) is 11.6 Å². The summed E-state index contributed by atoms with van der Waals surface area (Å²) in [5.41, 5.74) is 5.82. The molecule has 0 aromatic heterocycles. The zero-order chi connectivity index (χ0) is 13.0. The van der Waals surface area contributed by atoms with Gasteiger partial charge in [-0.15, -0.1) is 0 Å². The predicted molar refractivity (Wildman–Crippen MR) is 60.2 cm³/mol. The fourth-order valence-electron chi connectivity index (χ4n) is 1.46. The zero-order valence-electron chi connectivity index (χ0n) is 9.54. The monoisotopic (exact) mass is 242 g/mol. The van der Waals surface area contributed by atoms with Gasteiger partial charge in [0.05, 0.1) is 37.9 Å². The highest BCUT2D eigenvalue weighted by Crippen LogP contribution is 2.37. The van der Waals surface area contributed by atoms with Gasteiger partial charge in [0.25, 0.3) is 5.69 Å². The van der Waals surface area contributed by atoms with Gasteiger partial charge in [0.15, 0.2) is 11.5 Å². The van der Waals surface area contributed by atoms with Crippen molar-refractivity contribution >= 4 is 5.69 Å². The minimum absolute atomic E-state index is 0.165. The van der Waals surface area contributed by atoms with Crippen molar-refractivity contribution in [3.8, 4) is 11.5 Å². The number of nitrogens with two attached hydrogens (primary N) is 1. The highest BCUT2D eigenvalue weighted by atomic mass is 16.6. The molecule has 0 aliphatic heterocycles. The topological polar surface area (TPSA) is 108 Å². The Morgan fingerprint density at radius 1 is 1.47 bits per heavy atom. The van der Waals surface area contributed by atoms with E-state index in [1.165, 1.54) is 26.4 Å². The van der Waals surface area contributed by atoms with Crippen LogP contribution in [-0.4, -0.2) is 30.9 Å². The molecule has 0 unspecified atom stereocenters. The van der Waals surface area contributed by atoms with E-state index in [2.05, 4.69) is 0 Å². The number of rotatable bonds is 5. The summed E-state index contributed by atoms with van der Waals surface area (Å²) in [6.45, 7) is -0.347. The van der Waals surface area contributed by atoms with Crippen LogP contribution in [0.25, 0.3) is 0 Å². The van der Waals surface area contributed by atoms with Crippen LogP contribution in [0.3, 0.4) is 0 Å². The van der Waals surface area contributed by atoms with Crippen molar-refractivity contribution in [3.05, 3.63) is 27.8 Å². The Kier molecular flexibility index (Phi) is 4.24. The third kappa shape index (κ3) is 2.63. The van der Waals surface area contributed by atoms with Crippen molar-refractivity contribution in [2.45, 2.75) is 6.04 Å². The number of aliphatic hydroxyl groups is 1. The van der Waals surface area contributed by atoms with E-state index in [9.17, 15) is 10.1 Å². The van der Waals surface area contributed by atoms with Crippen LogP contribution in [-0.2, 0) is 0 Å². The van der Waals surface area contributed by atoms with Crippen molar-refractivity contribution in [1.82, 2.24) is 0 Å². The molecule has 0 radical (unpaired) electrons. The van der Waals surface area contributed by atoms with Crippen LogP contribution < -0.4 is 15.2 Å². The molecule has 0 saturated carbocycles. The summed E-state index contributed by atoms with van der Waals surface area (Å²) in [5.74, 6) is 0.500. The first-order valence-corrected chi connectivity index (χ1v) is 4.81. The molecule has 1 aromatic carbocycles. The zero-order valence-corrected chi connectivity index (χ0v) is 9.54. The molecule has 0 bridgehead atoms. The number of non-ortho nitro benzene ring substituents is 1. The van der Waals surface area contributed by atoms with E-state index in [4.69, 9.17) is 20.3 Å². The Labute approximate surface area is 97.9 Å². The molecule has 3 N–H and O–H groups in total. The predicted octanol–water partition coefficient (Wildman–Crippen LogP) is 0.604. The van der Waals surface area contributed by atoms with Crippen molar-refractivity contribution < 1.29 is 19.5 Å². The largest absolute Gasteiger partial charge is 0.493 e. The summed E-state index contributed by atoms with van der Waals surface area (Å²) in [7, 11) is 2.77. The number of benzene rings is 1. The molecule has 1 atom stereocenters. The number of aliphatic hydroxyl groups excluding tert-OH is 1. The van der Waals surface area contributed by atoms with Crippen molar-refractivity contribution in [2.75, 3.05) is 20.8 Å². The Morgan fingerprint density at radius 2 is 2.12 bits per heavy atom. The molecule has 17 heavy (non-hydrogen) atoms. The van der Waals surface area contributed by atoms with Gasteiger partial charge in [-0.05, 0) is 0 Å². The fraction of sp³-hybridized carbons (Fsp3) is 0.400. The first-order chi connectivity index (χ1) is 8.04. The summed E-state index contributed by atoms with van der Waals surface area (Å²) in [6, 6.07) is 1.74. The van der Waals surface area contributed by atoms with Crippen LogP contribution in [0.4, 0.5) is 5.69 Å². The van der Waals surface area contributed by atoms with Crippen LogP contribution in [0.2, 0.25) is 0 Å². The number of nitro groups is 1. The highest BCUT2D eigenvalue weighted by molar-refractivity contribution is 5.55. The minimum atomic E-state index is -0.765. The van der Waals surface area contributed by atoms with Gasteiger partial charge in [-0.1, -0.05) is 0 Å². The molecule has 94 valence electrons. The number of ether oxygens (including phenoxy) is 2. The standard InChI is InChI=1S/C10H14N2O5/c1-16-9-4-6(12(14)15)3-7(8(11)5-13)10(9)17-2/h3-4,8,13H,5,11H2,1-2H3/t8-/m1/s1. The van der Waals surface area contributed by atoms with Gasteiger partial charge in [0.2, 0.25) is 0 Å². The normalized spacial score (nSPS) is 12.0. The second-order valence-corrected chi connectivity index (χ2v) is 3.32. The lowest BCUT2D eigenvalue weighted by Gasteiger charge is -2.16. The van der Waals surface area contributed by atoms with E-state index >= 15 is 0 Å². The minimum Gasteiger partial charge on any atom is -0.493 e. The Bertz CT molecular complexity index is 421. The van der Waals surface area contributed by atoms with Crippen LogP contribution in [0, 0.1) is 10.1 Å². The lowest BCUT2D eigenvalue weighted by atomic mass is 10.1. The second-order valence-electron chi connectivity index (χ2n) is 3.32. The molecule has 0 aliphatic rings. The van der Waals surface area contributed by atoms with Gasteiger partial charge < -0.3 is 20.3 Å². The smallest absolute Gasteiger partial charge is 0.273 e. The van der Waals surface area contributed by atoms with Gasteiger partial charge in [-0.3, -0.25) is 10.1 Å². The average molecular weight is 242 g/mol. The first-order valence-electron chi connectivity index (χ1n) is 4.81. The summed E-state index contributed by atoms with van der Waals surface area (Å²) >= 11 is 0. The molecule has 7 nitrogen and oxygen atoms in total. The molecule has 1 aromatic rings. The third-order valence-corrected chi connectivity index (χ3v) is 2.30.